The van der Waals surface area contributed by atoms with Gasteiger partial charge in [-0.2, -0.15) is 0 Å². The van der Waals surface area contributed by atoms with Crippen molar-refractivity contribution >= 4 is 22.4 Å². The zero-order chi connectivity index (χ0) is 14.5. The Morgan fingerprint density at radius 3 is 3.05 bits per heavy atom. The van der Waals surface area contributed by atoms with Gasteiger partial charge in [0.05, 0.1) is 18.7 Å². The molecule has 5 nitrogen and oxygen atoms in total. The lowest BCUT2D eigenvalue weighted by molar-refractivity contribution is -0.116. The van der Waals surface area contributed by atoms with Crippen LogP contribution in [-0.4, -0.2) is 24.0 Å². The number of aromatic nitrogens is 1. The number of benzene rings is 1. The predicted octanol–water partition coefficient (Wildman–Crippen LogP) is 2.20. The molecular weight excluding hydrogens is 286 g/mol. The monoisotopic (exact) mass is 303 g/mol. The number of para-hydroxylation sites is 1. The van der Waals surface area contributed by atoms with Crippen LogP contribution in [0.5, 0.6) is 5.75 Å². The molecule has 2 aromatic rings. The van der Waals surface area contributed by atoms with Crippen molar-refractivity contribution in [3.05, 3.63) is 40.9 Å². The largest absolute Gasteiger partial charge is 0.493 e. The highest BCUT2D eigenvalue weighted by molar-refractivity contribution is 7.15. The first-order valence-electron chi connectivity index (χ1n) is 6.98. The maximum absolute atomic E-state index is 11.9. The van der Waals surface area contributed by atoms with Gasteiger partial charge in [0, 0.05) is 24.4 Å². The van der Waals surface area contributed by atoms with E-state index in [-0.39, 0.29) is 5.91 Å². The van der Waals surface area contributed by atoms with Crippen LogP contribution in [0.15, 0.2) is 30.3 Å². The Kier molecular flexibility index (Phi) is 4.47. The second-order valence-electron chi connectivity index (χ2n) is 4.78. The minimum absolute atomic E-state index is 0.0648. The van der Waals surface area contributed by atoms with Crippen LogP contribution in [0.2, 0.25) is 0 Å². The lowest BCUT2D eigenvalue weighted by Crippen LogP contribution is -2.22. The zero-order valence-corrected chi connectivity index (χ0v) is 12.4. The van der Waals surface area contributed by atoms with E-state index in [1.54, 1.807) is 11.3 Å². The van der Waals surface area contributed by atoms with E-state index < -0.39 is 0 Å². The molecule has 110 valence electrons. The Balaban J connectivity index is 1.47. The van der Waals surface area contributed by atoms with Crippen LogP contribution in [0.25, 0.3) is 0 Å². The minimum atomic E-state index is -0.0648. The van der Waals surface area contributed by atoms with E-state index in [0.29, 0.717) is 18.2 Å². The van der Waals surface area contributed by atoms with Crippen molar-refractivity contribution in [3.63, 3.8) is 0 Å². The highest BCUT2D eigenvalue weighted by Crippen LogP contribution is 2.25. The van der Waals surface area contributed by atoms with Crippen LogP contribution in [0, 0.1) is 0 Å². The van der Waals surface area contributed by atoms with Crippen molar-refractivity contribution in [2.45, 2.75) is 19.4 Å². The zero-order valence-electron chi connectivity index (χ0n) is 11.6. The van der Waals surface area contributed by atoms with Gasteiger partial charge in [-0.15, -0.1) is 11.3 Å². The summed E-state index contributed by atoms with van der Waals surface area (Å²) in [6, 6.07) is 9.49. The number of thiazole rings is 1. The van der Waals surface area contributed by atoms with E-state index >= 15 is 0 Å². The Morgan fingerprint density at radius 1 is 1.38 bits per heavy atom. The van der Waals surface area contributed by atoms with Crippen LogP contribution in [0.1, 0.15) is 17.0 Å². The van der Waals surface area contributed by atoms with E-state index in [4.69, 9.17) is 4.74 Å². The fraction of sp³-hybridized carbons (Fsp3) is 0.333. The van der Waals surface area contributed by atoms with E-state index in [2.05, 4.69) is 15.6 Å². The standard InChI is InChI=1S/C15H17N3O2S/c19-14(7-9-20-11-4-2-1-3-5-11)18-15-17-12-6-8-16-10-13(12)21-15/h1-5,16H,6-10H2,(H,17,18,19). The molecule has 0 saturated heterocycles. The summed E-state index contributed by atoms with van der Waals surface area (Å²) in [5, 5.41) is 6.83. The van der Waals surface area contributed by atoms with Gasteiger partial charge in [0.2, 0.25) is 5.91 Å². The number of carbonyl (C=O) groups excluding carboxylic acids is 1. The summed E-state index contributed by atoms with van der Waals surface area (Å²) < 4.78 is 5.51. The molecular formula is C15H17N3O2S. The Labute approximate surface area is 127 Å². The summed E-state index contributed by atoms with van der Waals surface area (Å²) in [6.07, 6.45) is 1.25. The third kappa shape index (κ3) is 3.80. The van der Waals surface area contributed by atoms with Crippen LogP contribution in [-0.2, 0) is 17.8 Å². The van der Waals surface area contributed by atoms with E-state index in [9.17, 15) is 4.79 Å². The number of rotatable bonds is 5. The summed E-state index contributed by atoms with van der Waals surface area (Å²) in [7, 11) is 0. The Bertz CT molecular complexity index is 589. The molecule has 3 rings (SSSR count). The number of nitrogens with zero attached hydrogens (tertiary/aromatic N) is 1. The number of amides is 1. The average molecular weight is 303 g/mol. The molecule has 1 aliphatic rings. The maximum atomic E-state index is 11.9. The molecule has 0 unspecified atom stereocenters. The van der Waals surface area contributed by atoms with E-state index in [0.717, 1.165) is 31.0 Å². The number of fused-ring (bicyclic) bond motifs is 1. The van der Waals surface area contributed by atoms with Gasteiger partial charge >= 0.3 is 0 Å². The van der Waals surface area contributed by atoms with Crippen molar-refractivity contribution in [1.29, 1.82) is 0 Å². The predicted molar refractivity (Wildman–Crippen MR) is 82.7 cm³/mol. The fourth-order valence-corrected chi connectivity index (χ4v) is 3.13. The maximum Gasteiger partial charge on any atom is 0.229 e. The number of ether oxygens (including phenoxy) is 1. The van der Waals surface area contributed by atoms with Gasteiger partial charge in [0.15, 0.2) is 5.13 Å². The number of anilines is 1. The molecule has 1 aromatic carbocycles. The Hall–Kier alpha value is -1.92. The average Bonchev–Trinajstić information content (AvgIpc) is 2.90. The van der Waals surface area contributed by atoms with Gasteiger partial charge in [-0.05, 0) is 12.1 Å². The number of hydrogen-bond donors (Lipinski definition) is 2. The molecule has 2 heterocycles. The van der Waals surface area contributed by atoms with Gasteiger partial charge < -0.3 is 15.4 Å². The van der Waals surface area contributed by atoms with Crippen molar-refractivity contribution in [2.24, 2.45) is 0 Å². The topological polar surface area (TPSA) is 63.2 Å². The fourth-order valence-electron chi connectivity index (χ4n) is 2.14. The van der Waals surface area contributed by atoms with Crippen LogP contribution in [0.4, 0.5) is 5.13 Å². The van der Waals surface area contributed by atoms with E-state index in [1.165, 1.54) is 4.88 Å². The van der Waals surface area contributed by atoms with Gasteiger partial charge in [-0.1, -0.05) is 18.2 Å². The second-order valence-corrected chi connectivity index (χ2v) is 5.86. The molecule has 21 heavy (non-hydrogen) atoms. The third-order valence-corrected chi connectivity index (χ3v) is 4.20. The molecule has 1 aliphatic heterocycles. The van der Waals surface area contributed by atoms with Crippen LogP contribution >= 0.6 is 11.3 Å². The summed E-state index contributed by atoms with van der Waals surface area (Å²) >= 11 is 1.55. The molecule has 0 aliphatic carbocycles. The quantitative estimate of drug-likeness (QED) is 0.889. The lowest BCUT2D eigenvalue weighted by Gasteiger charge is -2.09. The smallest absolute Gasteiger partial charge is 0.229 e. The summed E-state index contributed by atoms with van der Waals surface area (Å²) in [5.74, 6) is 0.714. The first-order chi connectivity index (χ1) is 10.3. The van der Waals surface area contributed by atoms with Gasteiger partial charge in [0.25, 0.3) is 0 Å². The normalized spacial score (nSPS) is 13.5. The SMILES string of the molecule is O=C(CCOc1ccccc1)Nc1nc2c(s1)CNCC2. The second kappa shape index (κ2) is 6.69. The molecule has 0 fully saturated rings. The van der Waals surface area contributed by atoms with Gasteiger partial charge in [-0.25, -0.2) is 4.98 Å². The summed E-state index contributed by atoms with van der Waals surface area (Å²) in [6.45, 7) is 2.16. The first kappa shape index (κ1) is 14.0. The molecule has 0 saturated carbocycles. The third-order valence-electron chi connectivity index (χ3n) is 3.19. The molecule has 0 atom stereocenters. The molecule has 1 aromatic heterocycles. The van der Waals surface area contributed by atoms with Crippen LogP contribution < -0.4 is 15.4 Å². The van der Waals surface area contributed by atoms with Crippen molar-refractivity contribution < 1.29 is 9.53 Å². The van der Waals surface area contributed by atoms with Crippen molar-refractivity contribution in [3.8, 4) is 5.75 Å². The first-order valence-corrected chi connectivity index (χ1v) is 7.80. The summed E-state index contributed by atoms with van der Waals surface area (Å²) in [5.41, 5.74) is 1.11. The van der Waals surface area contributed by atoms with Crippen molar-refractivity contribution in [1.82, 2.24) is 10.3 Å². The highest BCUT2D eigenvalue weighted by Gasteiger charge is 2.15. The lowest BCUT2D eigenvalue weighted by atomic mass is 10.2. The highest BCUT2D eigenvalue weighted by atomic mass is 32.1. The van der Waals surface area contributed by atoms with Gasteiger partial charge in [0.1, 0.15) is 5.75 Å². The van der Waals surface area contributed by atoms with Gasteiger partial charge in [-0.3, -0.25) is 4.79 Å². The molecule has 0 radical (unpaired) electrons. The minimum Gasteiger partial charge on any atom is -0.493 e. The van der Waals surface area contributed by atoms with Crippen LogP contribution in [0.3, 0.4) is 0 Å². The molecule has 1 amide bonds. The van der Waals surface area contributed by atoms with E-state index in [1.807, 2.05) is 30.3 Å². The number of hydrogen-bond acceptors (Lipinski definition) is 5. The number of nitrogens with one attached hydrogen (secondary N) is 2. The molecule has 0 spiro atoms. The Morgan fingerprint density at radius 2 is 2.24 bits per heavy atom. The van der Waals surface area contributed by atoms with Crippen molar-refractivity contribution in [2.75, 3.05) is 18.5 Å². The summed E-state index contributed by atoms with van der Waals surface area (Å²) in [4.78, 5) is 17.6. The molecule has 2 N–H and O–H groups in total. The number of carbonyl (C=O) groups is 1. The molecule has 6 heteroatoms. The molecule has 0 bridgehead atoms.